The predicted octanol–water partition coefficient (Wildman–Crippen LogP) is 2.07. The maximum absolute atomic E-state index is 13.6. The molecule has 0 aromatic heterocycles. The summed E-state index contributed by atoms with van der Waals surface area (Å²) in [4.78, 5) is 11.7. The van der Waals surface area contributed by atoms with Crippen LogP contribution in [0.3, 0.4) is 0 Å². The van der Waals surface area contributed by atoms with Crippen molar-refractivity contribution in [2.45, 2.75) is 13.3 Å². The minimum Gasteiger partial charge on any atom is -0.389 e. The third-order valence-electron chi connectivity index (χ3n) is 2.52. The quantitative estimate of drug-likeness (QED) is 0.785. The number of rotatable bonds is 6. The molecule has 0 bridgehead atoms. The van der Waals surface area contributed by atoms with Gasteiger partial charge >= 0.3 is 0 Å². The highest BCUT2D eigenvalue weighted by molar-refractivity contribution is 7.80. The van der Waals surface area contributed by atoms with Crippen LogP contribution in [0.15, 0.2) is 18.2 Å². The standard InChI is InChI=1S/C13H17FN2O2S/c1-8(7-18-2)6-11(17)16-10-5-3-4-9(14)12(10)13(15)19/h3-5,8H,6-7H2,1-2H3,(H2,15,19)(H,16,17). The number of anilines is 1. The molecule has 1 rings (SSSR count). The van der Waals surface area contributed by atoms with E-state index >= 15 is 0 Å². The Morgan fingerprint density at radius 2 is 2.26 bits per heavy atom. The van der Waals surface area contributed by atoms with Crippen molar-refractivity contribution in [1.82, 2.24) is 0 Å². The van der Waals surface area contributed by atoms with Gasteiger partial charge in [-0.2, -0.15) is 0 Å². The van der Waals surface area contributed by atoms with Crippen LogP contribution in [-0.4, -0.2) is 24.6 Å². The van der Waals surface area contributed by atoms with Gasteiger partial charge in [0.15, 0.2) is 0 Å². The van der Waals surface area contributed by atoms with Gasteiger partial charge in [-0.1, -0.05) is 25.2 Å². The lowest BCUT2D eigenvalue weighted by atomic mass is 10.1. The first kappa shape index (κ1) is 15.5. The van der Waals surface area contributed by atoms with Crippen LogP contribution in [0.25, 0.3) is 0 Å². The minimum absolute atomic E-state index is 0.0604. The maximum Gasteiger partial charge on any atom is 0.224 e. The molecule has 0 aliphatic carbocycles. The summed E-state index contributed by atoms with van der Waals surface area (Å²) in [7, 11) is 1.58. The number of ether oxygens (including phenoxy) is 1. The summed E-state index contributed by atoms with van der Waals surface area (Å²) in [5.74, 6) is -0.699. The molecule has 0 radical (unpaired) electrons. The number of methoxy groups -OCH3 is 1. The average Bonchev–Trinajstić information content (AvgIpc) is 2.28. The molecule has 0 saturated heterocycles. The van der Waals surface area contributed by atoms with Crippen molar-refractivity contribution >= 4 is 28.8 Å². The van der Waals surface area contributed by atoms with Crippen LogP contribution >= 0.6 is 12.2 Å². The largest absolute Gasteiger partial charge is 0.389 e. The monoisotopic (exact) mass is 284 g/mol. The fourth-order valence-corrected chi connectivity index (χ4v) is 1.95. The number of nitrogens with two attached hydrogens (primary N) is 1. The zero-order valence-electron chi connectivity index (χ0n) is 10.9. The molecule has 6 heteroatoms. The second-order valence-corrected chi connectivity index (χ2v) is 4.78. The molecule has 1 amide bonds. The van der Waals surface area contributed by atoms with Gasteiger partial charge in [-0.05, 0) is 18.1 Å². The molecule has 104 valence electrons. The third kappa shape index (κ3) is 4.57. The summed E-state index contributed by atoms with van der Waals surface area (Å²) in [5, 5.41) is 2.62. The van der Waals surface area contributed by atoms with Crippen LogP contribution in [-0.2, 0) is 9.53 Å². The van der Waals surface area contributed by atoms with Crippen molar-refractivity contribution < 1.29 is 13.9 Å². The van der Waals surface area contributed by atoms with Gasteiger partial charge in [0.1, 0.15) is 10.8 Å². The smallest absolute Gasteiger partial charge is 0.224 e. The van der Waals surface area contributed by atoms with Gasteiger partial charge in [-0.3, -0.25) is 4.79 Å². The molecule has 1 unspecified atom stereocenters. The van der Waals surface area contributed by atoms with Crippen LogP contribution < -0.4 is 11.1 Å². The van der Waals surface area contributed by atoms with Crippen molar-refractivity contribution in [2.24, 2.45) is 11.7 Å². The number of amides is 1. The number of nitrogens with one attached hydrogen (secondary N) is 1. The van der Waals surface area contributed by atoms with Crippen molar-refractivity contribution in [3.8, 4) is 0 Å². The van der Waals surface area contributed by atoms with Crippen LogP contribution in [0.2, 0.25) is 0 Å². The molecule has 1 aromatic rings. The van der Waals surface area contributed by atoms with Crippen LogP contribution in [0, 0.1) is 11.7 Å². The molecule has 0 aliphatic rings. The lowest BCUT2D eigenvalue weighted by Crippen LogP contribution is -2.21. The first-order valence-electron chi connectivity index (χ1n) is 5.82. The van der Waals surface area contributed by atoms with Crippen LogP contribution in [0.4, 0.5) is 10.1 Å². The van der Waals surface area contributed by atoms with Crippen molar-refractivity contribution in [1.29, 1.82) is 0 Å². The summed E-state index contributed by atoms with van der Waals surface area (Å²) < 4.78 is 18.6. The summed E-state index contributed by atoms with van der Waals surface area (Å²) in [6, 6.07) is 4.31. The van der Waals surface area contributed by atoms with E-state index in [1.807, 2.05) is 6.92 Å². The van der Waals surface area contributed by atoms with Gasteiger partial charge in [0.25, 0.3) is 0 Å². The number of hydrogen-bond acceptors (Lipinski definition) is 3. The fraction of sp³-hybridized carbons (Fsp3) is 0.385. The number of benzene rings is 1. The lowest BCUT2D eigenvalue weighted by Gasteiger charge is -2.13. The molecular formula is C13H17FN2O2S. The van der Waals surface area contributed by atoms with E-state index in [1.165, 1.54) is 12.1 Å². The average molecular weight is 284 g/mol. The topological polar surface area (TPSA) is 64.3 Å². The number of carbonyl (C=O) groups excluding carboxylic acids is 1. The normalized spacial score (nSPS) is 11.9. The number of hydrogen-bond donors (Lipinski definition) is 2. The molecular weight excluding hydrogens is 267 g/mol. The van der Waals surface area contributed by atoms with E-state index < -0.39 is 5.82 Å². The van der Waals surface area contributed by atoms with Gasteiger partial charge in [-0.25, -0.2) is 4.39 Å². The van der Waals surface area contributed by atoms with E-state index in [9.17, 15) is 9.18 Å². The summed E-state index contributed by atoms with van der Waals surface area (Å²) in [6.45, 7) is 2.38. The molecule has 1 aromatic carbocycles. The Balaban J connectivity index is 2.80. The number of halogens is 1. The van der Waals surface area contributed by atoms with Gasteiger partial charge in [-0.15, -0.1) is 0 Å². The third-order valence-corrected chi connectivity index (χ3v) is 2.72. The Morgan fingerprint density at radius 1 is 1.58 bits per heavy atom. The maximum atomic E-state index is 13.6. The highest BCUT2D eigenvalue weighted by Gasteiger charge is 2.15. The Morgan fingerprint density at radius 3 is 2.84 bits per heavy atom. The van der Waals surface area contributed by atoms with E-state index in [0.717, 1.165) is 0 Å². The molecule has 19 heavy (non-hydrogen) atoms. The Labute approximate surface area is 117 Å². The van der Waals surface area contributed by atoms with E-state index in [1.54, 1.807) is 13.2 Å². The molecule has 4 nitrogen and oxygen atoms in total. The summed E-state index contributed by atoms with van der Waals surface area (Å²) >= 11 is 4.79. The second kappa shape index (κ2) is 7.16. The minimum atomic E-state index is -0.546. The molecule has 3 N–H and O–H groups in total. The fourth-order valence-electron chi connectivity index (χ4n) is 1.74. The highest BCUT2D eigenvalue weighted by atomic mass is 32.1. The molecule has 0 heterocycles. The van der Waals surface area contributed by atoms with Crippen molar-refractivity contribution in [2.75, 3.05) is 19.0 Å². The Hall–Kier alpha value is -1.53. The lowest BCUT2D eigenvalue weighted by molar-refractivity contribution is -0.117. The van der Waals surface area contributed by atoms with E-state index in [0.29, 0.717) is 12.3 Å². The van der Waals surface area contributed by atoms with Gasteiger partial charge in [0, 0.05) is 20.1 Å². The van der Waals surface area contributed by atoms with Gasteiger partial charge in [0.05, 0.1) is 11.3 Å². The zero-order valence-corrected chi connectivity index (χ0v) is 11.7. The predicted molar refractivity (Wildman–Crippen MR) is 76.6 cm³/mol. The Kier molecular flexibility index (Phi) is 5.85. The highest BCUT2D eigenvalue weighted by Crippen LogP contribution is 2.19. The van der Waals surface area contributed by atoms with Crippen LogP contribution in [0.1, 0.15) is 18.9 Å². The zero-order chi connectivity index (χ0) is 14.4. The molecule has 0 aliphatic heterocycles. The van der Waals surface area contributed by atoms with E-state index in [4.69, 9.17) is 22.7 Å². The molecule has 0 fully saturated rings. The van der Waals surface area contributed by atoms with Gasteiger partial charge in [0.2, 0.25) is 5.91 Å². The summed E-state index contributed by atoms with van der Waals surface area (Å²) in [6.07, 6.45) is 0.279. The molecule has 0 saturated carbocycles. The second-order valence-electron chi connectivity index (χ2n) is 4.34. The number of carbonyl (C=O) groups is 1. The first-order chi connectivity index (χ1) is 8.95. The number of thiocarbonyl (C=S) groups is 1. The van der Waals surface area contributed by atoms with E-state index in [2.05, 4.69) is 5.32 Å². The van der Waals surface area contributed by atoms with E-state index in [-0.39, 0.29) is 28.8 Å². The van der Waals surface area contributed by atoms with Crippen LogP contribution in [0.5, 0.6) is 0 Å². The van der Waals surface area contributed by atoms with Gasteiger partial charge < -0.3 is 15.8 Å². The first-order valence-corrected chi connectivity index (χ1v) is 6.23. The Bertz CT molecular complexity index is 480. The van der Waals surface area contributed by atoms with Crippen molar-refractivity contribution in [3.63, 3.8) is 0 Å². The SMILES string of the molecule is COCC(C)CC(=O)Nc1cccc(F)c1C(N)=S. The van der Waals surface area contributed by atoms with Crippen molar-refractivity contribution in [3.05, 3.63) is 29.6 Å². The molecule has 0 spiro atoms. The summed E-state index contributed by atoms with van der Waals surface area (Å²) in [5.41, 5.74) is 5.81. The molecule has 1 atom stereocenters.